The predicted molar refractivity (Wildman–Crippen MR) is 249 cm³/mol. The molecular weight excluding hydrogens is 880 g/mol. The first-order chi connectivity index (χ1) is 30.2. The van der Waals surface area contributed by atoms with Crippen molar-refractivity contribution in [3.05, 3.63) is 101 Å². The van der Waals surface area contributed by atoms with E-state index in [9.17, 15) is 35.5 Å². The van der Waals surface area contributed by atoms with Crippen molar-refractivity contribution in [2.24, 2.45) is 0 Å². The second kappa shape index (κ2) is 21.9. The van der Waals surface area contributed by atoms with Crippen LogP contribution in [0.1, 0.15) is 115 Å². The molecule has 0 amide bonds. The van der Waals surface area contributed by atoms with Crippen LogP contribution in [0, 0.1) is 0 Å². The minimum Gasteiger partial charge on any atom is -0.480 e. The molecule has 18 heteroatoms. The predicted octanol–water partition coefficient (Wildman–Crippen LogP) is 8.43. The zero-order chi connectivity index (χ0) is 46.7. The second-order valence-corrected chi connectivity index (χ2v) is 20.3. The van der Waals surface area contributed by atoms with E-state index in [1.807, 2.05) is 36.1 Å². The number of hydrogen-bond acceptors (Lipinski definition) is 11. The first kappa shape index (κ1) is 50.2. The third kappa shape index (κ3) is 13.1. The Morgan fingerprint density at radius 1 is 0.875 bits per heavy atom. The fraction of sp³-hybridized carbons (Fsp3) is 0.478. The number of halogens is 1. The Morgan fingerprint density at radius 2 is 1.59 bits per heavy atom. The lowest BCUT2D eigenvalue weighted by molar-refractivity contribution is -0.437. The smallest absolute Gasteiger partial charge is 0.322 e. The van der Waals surface area contributed by atoms with Gasteiger partial charge in [0, 0.05) is 66.7 Å². The number of allylic oxidation sites excluding steroid dienone is 6. The number of nitrogens with zero attached hydrogens (tertiary/aromatic N) is 5. The number of rotatable bonds is 25. The Balaban J connectivity index is 1.27. The summed E-state index contributed by atoms with van der Waals surface area (Å²) in [6.07, 6.45) is 17.2. The van der Waals surface area contributed by atoms with E-state index in [1.165, 1.54) is 29.1 Å². The van der Waals surface area contributed by atoms with Gasteiger partial charge >= 0.3 is 5.97 Å². The van der Waals surface area contributed by atoms with Crippen molar-refractivity contribution in [2.75, 3.05) is 35.6 Å². The maximum absolute atomic E-state index is 12.9. The number of carbonyl (C=O) groups is 2. The number of nitrogens with one attached hydrogen (secondary N) is 1. The van der Waals surface area contributed by atoms with Gasteiger partial charge in [0.05, 0.1) is 16.1 Å². The van der Waals surface area contributed by atoms with E-state index in [4.69, 9.17) is 16.7 Å². The van der Waals surface area contributed by atoms with E-state index in [2.05, 4.69) is 76.0 Å². The SMILES string of the molecule is CCC[N+]1=C(/C=C/C=C/C=C2/N(CCCS(=O)(=O)O)c3ccc(S(=O)(=O)O)cc3C2(C)CCCCCC(=O)CCCCCc2nc(Cl)nc(NCC(=O)O)n2)C(C)(C)c2ccccc21. The highest BCUT2D eigenvalue weighted by molar-refractivity contribution is 7.86. The standard InChI is InChI=1S/C46H59ClN6O9S2/c1-5-28-52-37-21-15-14-20-35(37)45(2,3)39(52)22-11-7-12-23-40-46(4,36-31-34(64(60,61)62)25-26-38(36)53(40)29-17-30-63(57,58)59)27-16-8-10-19-33(54)18-9-6-13-24-41-49-43(47)51-44(50-41)48-32-42(55)56/h7,11-12,14-15,20-23,25-26,31H,5-6,8-10,13,16-19,24,27-30,32H2,1-4H3,(H3-,48,49,50,51,55,56,57,58,59,60,61,62)/p+1. The molecule has 15 nitrogen and oxygen atoms in total. The Hall–Kier alpha value is -4.81. The van der Waals surface area contributed by atoms with E-state index in [0.29, 0.717) is 68.4 Å². The average molecular weight is 941 g/mol. The number of aromatic nitrogens is 3. The highest BCUT2D eigenvalue weighted by Gasteiger charge is 2.45. The highest BCUT2D eigenvalue weighted by atomic mass is 35.5. The Labute approximate surface area is 382 Å². The lowest BCUT2D eigenvalue weighted by atomic mass is 9.77. The molecule has 4 N–H and O–H groups in total. The number of Topliss-reactive ketones (excluding diaryl/α,β-unsaturated/α-hetero) is 1. The Morgan fingerprint density at radius 3 is 2.28 bits per heavy atom. The minimum atomic E-state index is -4.54. The summed E-state index contributed by atoms with van der Waals surface area (Å²) in [5, 5.41) is 11.4. The molecule has 2 aliphatic rings. The molecule has 1 unspecified atom stereocenters. The van der Waals surface area contributed by atoms with Gasteiger partial charge in [0.15, 0.2) is 5.71 Å². The van der Waals surface area contributed by atoms with Crippen LogP contribution in [0.15, 0.2) is 83.4 Å². The third-order valence-electron chi connectivity index (χ3n) is 11.8. The third-order valence-corrected chi connectivity index (χ3v) is 13.6. The van der Waals surface area contributed by atoms with Gasteiger partial charge < -0.3 is 15.3 Å². The Bertz CT molecular complexity index is 2540. The molecule has 1 aromatic heterocycles. The number of aryl methyl sites for hydroxylation is 1. The summed E-state index contributed by atoms with van der Waals surface area (Å²) in [7, 11) is -8.78. The summed E-state index contributed by atoms with van der Waals surface area (Å²) >= 11 is 5.97. The highest BCUT2D eigenvalue weighted by Crippen LogP contribution is 2.51. The van der Waals surface area contributed by atoms with Gasteiger partial charge in [0.1, 0.15) is 24.7 Å². The number of fused-ring (bicyclic) bond motifs is 2. The van der Waals surface area contributed by atoms with Gasteiger partial charge in [-0.2, -0.15) is 31.4 Å². The van der Waals surface area contributed by atoms with E-state index in [0.717, 1.165) is 31.5 Å². The van der Waals surface area contributed by atoms with Crippen molar-refractivity contribution in [1.29, 1.82) is 0 Å². The maximum Gasteiger partial charge on any atom is 0.322 e. The average Bonchev–Trinajstić information content (AvgIpc) is 3.57. The number of carboxylic acids is 1. The number of anilines is 2. The van der Waals surface area contributed by atoms with Crippen LogP contribution in [-0.2, 0) is 47.1 Å². The molecule has 5 rings (SSSR count). The van der Waals surface area contributed by atoms with Crippen LogP contribution in [0.4, 0.5) is 17.3 Å². The normalized spacial score (nSPS) is 17.8. The second-order valence-electron chi connectivity index (χ2n) is 17.0. The van der Waals surface area contributed by atoms with Gasteiger partial charge in [-0.1, -0.05) is 62.6 Å². The molecule has 0 bridgehead atoms. The topological polar surface area (TPSA) is 220 Å². The fourth-order valence-corrected chi connectivity index (χ4v) is 9.86. The van der Waals surface area contributed by atoms with Crippen molar-refractivity contribution in [2.45, 2.75) is 120 Å². The molecule has 0 fully saturated rings. The van der Waals surface area contributed by atoms with Crippen molar-refractivity contribution < 1.29 is 45.2 Å². The fourth-order valence-electron chi connectivity index (χ4n) is 8.69. The van der Waals surface area contributed by atoms with Crippen molar-refractivity contribution in [3.63, 3.8) is 0 Å². The summed E-state index contributed by atoms with van der Waals surface area (Å²) in [6.45, 7) is 9.36. The number of benzene rings is 2. The molecule has 0 saturated heterocycles. The zero-order valence-corrected chi connectivity index (χ0v) is 39.4. The quantitative estimate of drug-likeness (QED) is 0.0271. The van der Waals surface area contributed by atoms with E-state index in [-0.39, 0.29) is 46.8 Å². The molecule has 0 radical (unpaired) electrons. The summed E-state index contributed by atoms with van der Waals surface area (Å²) in [5.41, 5.74) is 4.85. The lowest BCUT2D eigenvalue weighted by Crippen LogP contribution is -2.30. The van der Waals surface area contributed by atoms with E-state index in [1.54, 1.807) is 6.07 Å². The molecule has 3 aromatic rings. The van der Waals surface area contributed by atoms with Gasteiger partial charge in [-0.15, -0.1) is 0 Å². The van der Waals surface area contributed by atoms with Crippen LogP contribution >= 0.6 is 11.6 Å². The van der Waals surface area contributed by atoms with Gasteiger partial charge in [0.25, 0.3) is 20.2 Å². The van der Waals surface area contributed by atoms with Crippen LogP contribution in [0.3, 0.4) is 0 Å². The van der Waals surface area contributed by atoms with Crippen LogP contribution in [0.5, 0.6) is 0 Å². The maximum atomic E-state index is 12.9. The van der Waals surface area contributed by atoms with Crippen molar-refractivity contribution >= 4 is 66.6 Å². The largest absolute Gasteiger partial charge is 0.480 e. The summed E-state index contributed by atoms with van der Waals surface area (Å²) in [5.74, 6) is -0.824. The summed E-state index contributed by atoms with van der Waals surface area (Å²) < 4.78 is 70.2. The van der Waals surface area contributed by atoms with E-state index < -0.39 is 37.4 Å². The first-order valence-corrected chi connectivity index (χ1v) is 25.2. The Kier molecular flexibility index (Phi) is 17.2. The molecular formula is C46H60ClN6O9S2+. The van der Waals surface area contributed by atoms with Crippen molar-refractivity contribution in [3.8, 4) is 0 Å². The molecule has 0 spiro atoms. The molecule has 346 valence electrons. The molecule has 0 aliphatic carbocycles. The number of hydrogen-bond donors (Lipinski definition) is 4. The van der Waals surface area contributed by atoms with Crippen LogP contribution < -0.4 is 10.2 Å². The number of carboxylic acid groups (broad SMARTS) is 1. The van der Waals surface area contributed by atoms with Gasteiger partial charge in [-0.3, -0.25) is 18.7 Å². The molecule has 3 heterocycles. The number of unbranched alkanes of at least 4 members (excludes halogenated alkanes) is 4. The number of carbonyl (C=O) groups excluding carboxylic acids is 1. The molecule has 1 atom stereocenters. The first-order valence-electron chi connectivity index (χ1n) is 21.8. The monoisotopic (exact) mass is 939 g/mol. The molecule has 2 aromatic carbocycles. The van der Waals surface area contributed by atoms with Crippen LogP contribution in [-0.4, -0.2) is 93.4 Å². The van der Waals surface area contributed by atoms with Crippen LogP contribution in [0.2, 0.25) is 5.28 Å². The number of para-hydroxylation sites is 1. The number of ketones is 1. The minimum absolute atomic E-state index is 0.0314. The zero-order valence-electron chi connectivity index (χ0n) is 37.0. The molecule has 2 aliphatic heterocycles. The van der Waals surface area contributed by atoms with Crippen LogP contribution in [0.25, 0.3) is 0 Å². The summed E-state index contributed by atoms with van der Waals surface area (Å²) in [6, 6.07) is 12.9. The lowest BCUT2D eigenvalue weighted by Gasteiger charge is -2.30. The van der Waals surface area contributed by atoms with E-state index >= 15 is 0 Å². The molecule has 0 saturated carbocycles. The summed E-state index contributed by atoms with van der Waals surface area (Å²) in [4.78, 5) is 37.6. The van der Waals surface area contributed by atoms with Gasteiger partial charge in [0.2, 0.25) is 16.9 Å². The van der Waals surface area contributed by atoms with Gasteiger partial charge in [-0.05, 0) is 94.3 Å². The number of aliphatic carboxylic acids is 1. The molecule has 64 heavy (non-hydrogen) atoms. The van der Waals surface area contributed by atoms with Gasteiger partial charge in [-0.25, -0.2) is 4.98 Å². The van der Waals surface area contributed by atoms with Crippen molar-refractivity contribution in [1.82, 2.24) is 15.0 Å².